The smallest absolute Gasteiger partial charge is 0.229 e. The lowest BCUT2D eigenvalue weighted by Gasteiger charge is -2.18. The molecule has 0 unspecified atom stereocenters. The highest BCUT2D eigenvalue weighted by atomic mass is 79.9. The van der Waals surface area contributed by atoms with Crippen molar-refractivity contribution in [2.45, 2.75) is 6.42 Å². The maximum Gasteiger partial charge on any atom is 0.229 e. The van der Waals surface area contributed by atoms with E-state index in [9.17, 15) is 4.79 Å². The van der Waals surface area contributed by atoms with Crippen molar-refractivity contribution in [2.75, 3.05) is 35.8 Å². The van der Waals surface area contributed by atoms with Gasteiger partial charge in [-0.05, 0) is 58.8 Å². The first-order valence-electron chi connectivity index (χ1n) is 9.25. The summed E-state index contributed by atoms with van der Waals surface area (Å²) in [5.74, 6) is 1.34. The molecule has 1 aromatic heterocycles. The zero-order valence-corrected chi connectivity index (χ0v) is 18.6. The molecular formula is C21H21BrN5OP. The minimum atomic E-state index is -0.250. The number of halogens is 1. The number of anilines is 5. The fourth-order valence-electron chi connectivity index (χ4n) is 3.20. The van der Waals surface area contributed by atoms with E-state index in [2.05, 4.69) is 73.4 Å². The summed E-state index contributed by atoms with van der Waals surface area (Å²) < 4.78 is 0.784. The van der Waals surface area contributed by atoms with Gasteiger partial charge in [0.1, 0.15) is 5.82 Å². The highest BCUT2D eigenvalue weighted by molar-refractivity contribution is 9.10. The van der Waals surface area contributed by atoms with Crippen molar-refractivity contribution in [1.29, 1.82) is 0 Å². The van der Waals surface area contributed by atoms with E-state index < -0.39 is 0 Å². The van der Waals surface area contributed by atoms with Crippen LogP contribution in [0.15, 0.2) is 53.1 Å². The number of ketones is 1. The number of benzene rings is 2. The van der Waals surface area contributed by atoms with Gasteiger partial charge in [0.2, 0.25) is 5.95 Å². The molecule has 3 N–H and O–H groups in total. The molecular weight excluding hydrogens is 449 g/mol. The van der Waals surface area contributed by atoms with E-state index in [1.165, 1.54) is 5.30 Å². The molecule has 8 heteroatoms. The molecule has 0 saturated carbocycles. The van der Waals surface area contributed by atoms with Gasteiger partial charge in [-0.1, -0.05) is 26.1 Å². The number of rotatable bonds is 5. The van der Waals surface area contributed by atoms with Crippen LogP contribution >= 0.6 is 23.9 Å². The molecule has 0 atom stereocenters. The van der Waals surface area contributed by atoms with Crippen LogP contribution in [0.1, 0.15) is 16.8 Å². The molecule has 4 rings (SSSR count). The maximum atomic E-state index is 12.0. The third-order valence-corrected chi connectivity index (χ3v) is 6.56. The number of fused-ring (bicyclic) bond motifs is 1. The molecule has 1 aliphatic heterocycles. The lowest BCUT2D eigenvalue weighted by Crippen LogP contribution is -2.17. The van der Waals surface area contributed by atoms with Crippen molar-refractivity contribution in [1.82, 2.24) is 9.97 Å². The topological polar surface area (TPSA) is 78.9 Å². The van der Waals surface area contributed by atoms with Crippen LogP contribution in [0.25, 0.3) is 0 Å². The summed E-state index contributed by atoms with van der Waals surface area (Å²) in [6.45, 7) is 5.12. The van der Waals surface area contributed by atoms with Gasteiger partial charge >= 0.3 is 0 Å². The summed E-state index contributed by atoms with van der Waals surface area (Å²) in [6.07, 6.45) is 2.25. The Morgan fingerprint density at radius 2 is 1.97 bits per heavy atom. The van der Waals surface area contributed by atoms with Crippen molar-refractivity contribution >= 4 is 63.8 Å². The first-order valence-corrected chi connectivity index (χ1v) is 12.3. The number of carbonyl (C=O) groups is 1. The third kappa shape index (κ3) is 4.41. The van der Waals surface area contributed by atoms with E-state index in [-0.39, 0.29) is 13.7 Å². The zero-order chi connectivity index (χ0) is 20.4. The number of hydrogen-bond acceptors (Lipinski definition) is 6. The summed E-state index contributed by atoms with van der Waals surface area (Å²) in [7, 11) is -0.250. The zero-order valence-electron chi connectivity index (χ0n) is 16.2. The molecule has 0 saturated heterocycles. The Bertz CT molecular complexity index is 1070. The van der Waals surface area contributed by atoms with Gasteiger partial charge in [0.05, 0.1) is 4.47 Å². The normalized spacial score (nSPS) is 13.0. The Balaban J connectivity index is 1.59. The Morgan fingerprint density at radius 1 is 1.14 bits per heavy atom. The van der Waals surface area contributed by atoms with Gasteiger partial charge in [0, 0.05) is 41.8 Å². The second-order valence-electron chi connectivity index (χ2n) is 6.91. The number of nitrogens with one attached hydrogen (secondary N) is 3. The van der Waals surface area contributed by atoms with Gasteiger partial charge in [-0.3, -0.25) is 4.79 Å². The first kappa shape index (κ1) is 19.8. The fraction of sp³-hybridized carbons (Fsp3) is 0.190. The maximum absolute atomic E-state index is 12.0. The average Bonchev–Trinajstić information content (AvgIpc) is 2.71. The molecule has 2 aromatic carbocycles. The standard InChI is InChI=1S/C21H21BrN5OP/c1-29(2)19-6-4-3-5-16(19)26-20-15(22)12-24-21(27-20)25-13-7-8-14-17(11-13)23-10-9-18(14)28/h3-8,11-12,23H,9-10H2,1-2H3,(H2,24,25,26,27). The highest BCUT2D eigenvalue weighted by Gasteiger charge is 2.17. The summed E-state index contributed by atoms with van der Waals surface area (Å²) in [5.41, 5.74) is 3.44. The number of aromatic nitrogens is 2. The number of para-hydroxylation sites is 1. The molecule has 3 aromatic rings. The summed E-state index contributed by atoms with van der Waals surface area (Å²) >= 11 is 3.53. The van der Waals surface area contributed by atoms with Crippen LogP contribution in [0, 0.1) is 0 Å². The molecule has 0 aliphatic carbocycles. The first-order chi connectivity index (χ1) is 14.0. The quantitative estimate of drug-likeness (QED) is 0.451. The van der Waals surface area contributed by atoms with Crippen LogP contribution in [0.3, 0.4) is 0 Å². The predicted octanol–water partition coefficient (Wildman–Crippen LogP) is 5.09. The van der Waals surface area contributed by atoms with Crippen LogP contribution in [-0.2, 0) is 0 Å². The lowest BCUT2D eigenvalue weighted by molar-refractivity contribution is 0.0984. The Morgan fingerprint density at radius 3 is 2.79 bits per heavy atom. The van der Waals surface area contributed by atoms with Crippen LogP contribution in [0.5, 0.6) is 0 Å². The van der Waals surface area contributed by atoms with Gasteiger partial charge in [-0.25, -0.2) is 4.98 Å². The Kier molecular flexibility index (Phi) is 5.79. The van der Waals surface area contributed by atoms with Crippen molar-refractivity contribution < 1.29 is 4.79 Å². The van der Waals surface area contributed by atoms with Gasteiger partial charge < -0.3 is 16.0 Å². The van der Waals surface area contributed by atoms with E-state index in [1.54, 1.807) is 6.20 Å². The second kappa shape index (κ2) is 8.47. The summed E-state index contributed by atoms with van der Waals surface area (Å²) in [5, 5.41) is 11.2. The molecule has 6 nitrogen and oxygen atoms in total. The monoisotopic (exact) mass is 469 g/mol. The molecule has 29 heavy (non-hydrogen) atoms. The molecule has 0 fully saturated rings. The second-order valence-corrected chi connectivity index (χ2v) is 10.0. The Hall–Kier alpha value is -2.50. The van der Waals surface area contributed by atoms with Crippen molar-refractivity contribution in [3.8, 4) is 0 Å². The van der Waals surface area contributed by atoms with Crippen molar-refractivity contribution in [3.05, 3.63) is 58.7 Å². The molecule has 0 radical (unpaired) electrons. The van der Waals surface area contributed by atoms with Crippen LogP contribution in [0.2, 0.25) is 0 Å². The Labute approximate surface area is 179 Å². The van der Waals surface area contributed by atoms with Crippen molar-refractivity contribution in [2.24, 2.45) is 0 Å². The summed E-state index contributed by atoms with van der Waals surface area (Å²) in [6, 6.07) is 13.9. The van der Waals surface area contributed by atoms with Gasteiger partial charge in [-0.2, -0.15) is 4.98 Å². The highest BCUT2D eigenvalue weighted by Crippen LogP contribution is 2.32. The van der Waals surface area contributed by atoms with Gasteiger partial charge in [0.25, 0.3) is 0 Å². The van der Waals surface area contributed by atoms with E-state index in [0.717, 1.165) is 27.1 Å². The van der Waals surface area contributed by atoms with Crippen LogP contribution < -0.4 is 21.3 Å². The SMILES string of the molecule is CP(C)c1ccccc1Nc1nc(Nc2ccc3c(c2)NCCC3=O)ncc1Br. The van der Waals surface area contributed by atoms with Gasteiger partial charge in [0.15, 0.2) is 5.78 Å². The summed E-state index contributed by atoms with van der Waals surface area (Å²) in [4.78, 5) is 21.0. The molecule has 0 spiro atoms. The van der Waals surface area contributed by atoms with E-state index in [0.29, 0.717) is 24.7 Å². The number of carbonyl (C=O) groups excluding carboxylic acids is 1. The average molecular weight is 470 g/mol. The number of Topliss-reactive ketones (excluding diaryl/α,β-unsaturated/α-hetero) is 1. The molecule has 1 aliphatic rings. The van der Waals surface area contributed by atoms with Crippen LogP contribution in [-0.4, -0.2) is 35.6 Å². The van der Waals surface area contributed by atoms with Crippen molar-refractivity contribution in [3.63, 3.8) is 0 Å². The van der Waals surface area contributed by atoms with Gasteiger partial charge in [-0.15, -0.1) is 0 Å². The molecule has 148 valence electrons. The number of hydrogen-bond donors (Lipinski definition) is 3. The largest absolute Gasteiger partial charge is 0.384 e. The van der Waals surface area contributed by atoms with E-state index >= 15 is 0 Å². The molecule has 2 heterocycles. The number of nitrogens with zero attached hydrogens (tertiary/aromatic N) is 2. The molecule has 0 bridgehead atoms. The third-order valence-electron chi connectivity index (χ3n) is 4.63. The van der Waals surface area contributed by atoms with E-state index in [1.807, 2.05) is 24.3 Å². The molecule has 0 amide bonds. The lowest BCUT2D eigenvalue weighted by atomic mass is 10.0. The van der Waals surface area contributed by atoms with Crippen LogP contribution in [0.4, 0.5) is 28.8 Å². The minimum Gasteiger partial charge on any atom is -0.384 e. The predicted molar refractivity (Wildman–Crippen MR) is 125 cm³/mol. The minimum absolute atomic E-state index is 0.169. The fourth-order valence-corrected chi connectivity index (χ4v) is 4.48. The van der Waals surface area contributed by atoms with E-state index in [4.69, 9.17) is 0 Å².